The number of rotatable bonds is 3. The predicted molar refractivity (Wildman–Crippen MR) is 122 cm³/mol. The van der Waals surface area contributed by atoms with Crippen molar-refractivity contribution >= 4 is 39.0 Å². The first-order valence-electron chi connectivity index (χ1n) is 10.4. The number of thiophene rings is 1. The molecule has 32 heavy (non-hydrogen) atoms. The third kappa shape index (κ3) is 3.53. The minimum absolute atomic E-state index is 0.0919. The van der Waals surface area contributed by atoms with E-state index in [2.05, 4.69) is 9.97 Å². The molecule has 5 heterocycles. The largest absolute Gasteiger partial charge is 0.370 e. The number of aryl methyl sites for hydroxylation is 1. The van der Waals surface area contributed by atoms with Crippen molar-refractivity contribution in [1.82, 2.24) is 24.2 Å². The molecule has 9 heteroatoms. The average molecular weight is 450 g/mol. The summed E-state index contributed by atoms with van der Waals surface area (Å²) in [5.74, 6) is -0.233. The van der Waals surface area contributed by atoms with Crippen molar-refractivity contribution in [2.75, 3.05) is 33.8 Å². The molecule has 4 aromatic rings. The van der Waals surface area contributed by atoms with Gasteiger partial charge in [0, 0.05) is 50.2 Å². The van der Waals surface area contributed by atoms with Crippen LogP contribution in [0, 0.1) is 6.92 Å². The van der Waals surface area contributed by atoms with E-state index in [1.54, 1.807) is 36.3 Å². The number of hydrogen-bond acceptors (Lipinski definition) is 6. The van der Waals surface area contributed by atoms with Crippen LogP contribution in [0.3, 0.4) is 0 Å². The Bertz CT molecular complexity index is 1340. The van der Waals surface area contributed by atoms with E-state index in [4.69, 9.17) is 4.74 Å². The van der Waals surface area contributed by atoms with Crippen LogP contribution in [0.5, 0.6) is 0 Å². The number of ether oxygens (including phenoxy) is 1. The predicted octanol–water partition coefficient (Wildman–Crippen LogP) is 3.17. The van der Waals surface area contributed by atoms with Crippen LogP contribution in [-0.4, -0.2) is 69.8 Å². The highest BCUT2D eigenvalue weighted by Crippen LogP contribution is 2.38. The smallest absolute Gasteiger partial charge is 0.274 e. The van der Waals surface area contributed by atoms with Gasteiger partial charge < -0.3 is 18.9 Å². The molecule has 0 bridgehead atoms. The number of aromatic nitrogens is 3. The Kier molecular flexibility index (Phi) is 5.15. The van der Waals surface area contributed by atoms with Gasteiger partial charge >= 0.3 is 0 Å². The molecule has 0 unspecified atom stereocenters. The molecular formula is C23H23N5O3S. The minimum atomic E-state index is -0.413. The lowest BCUT2D eigenvalue weighted by Crippen LogP contribution is -2.42. The fraction of sp³-hybridized carbons (Fsp3) is 0.304. The molecule has 0 aromatic carbocycles. The van der Waals surface area contributed by atoms with Crippen molar-refractivity contribution in [2.24, 2.45) is 0 Å². The highest BCUT2D eigenvalue weighted by molar-refractivity contribution is 7.20. The van der Waals surface area contributed by atoms with Gasteiger partial charge in [0.05, 0.1) is 13.2 Å². The Hall–Kier alpha value is -3.30. The maximum atomic E-state index is 13.3. The summed E-state index contributed by atoms with van der Waals surface area (Å²) in [6.45, 7) is 3.20. The van der Waals surface area contributed by atoms with Crippen LogP contribution < -0.4 is 0 Å². The minimum Gasteiger partial charge on any atom is -0.370 e. The summed E-state index contributed by atoms with van der Waals surface area (Å²) in [6.07, 6.45) is 4.96. The summed E-state index contributed by atoms with van der Waals surface area (Å²) in [5, 5.41) is 0.894. The molecule has 0 N–H and O–H groups in total. The van der Waals surface area contributed by atoms with Gasteiger partial charge in [-0.2, -0.15) is 0 Å². The Balaban J connectivity index is 1.48. The van der Waals surface area contributed by atoms with Gasteiger partial charge in [-0.25, -0.2) is 9.97 Å². The van der Waals surface area contributed by atoms with Gasteiger partial charge in [0.15, 0.2) is 0 Å². The fourth-order valence-electron chi connectivity index (χ4n) is 3.99. The van der Waals surface area contributed by atoms with Gasteiger partial charge in [0.25, 0.3) is 11.8 Å². The molecule has 0 spiro atoms. The molecule has 8 nitrogen and oxygen atoms in total. The van der Waals surface area contributed by atoms with E-state index in [0.29, 0.717) is 30.3 Å². The monoisotopic (exact) mass is 449 g/mol. The Labute approximate surface area is 189 Å². The van der Waals surface area contributed by atoms with E-state index in [1.807, 2.05) is 41.8 Å². The zero-order valence-corrected chi connectivity index (χ0v) is 18.9. The van der Waals surface area contributed by atoms with Crippen molar-refractivity contribution in [1.29, 1.82) is 0 Å². The molecular weight excluding hydrogens is 426 g/mol. The van der Waals surface area contributed by atoms with E-state index in [-0.39, 0.29) is 11.8 Å². The summed E-state index contributed by atoms with van der Waals surface area (Å²) in [6, 6.07) is 7.73. The molecule has 5 rings (SSSR count). The summed E-state index contributed by atoms with van der Waals surface area (Å²) < 4.78 is 7.93. The van der Waals surface area contributed by atoms with Crippen molar-refractivity contribution in [3.05, 3.63) is 64.6 Å². The number of amides is 2. The molecule has 1 aliphatic rings. The van der Waals surface area contributed by atoms with Crippen LogP contribution in [0.1, 0.15) is 37.4 Å². The maximum absolute atomic E-state index is 13.3. The van der Waals surface area contributed by atoms with E-state index in [9.17, 15) is 9.59 Å². The highest BCUT2D eigenvalue weighted by Gasteiger charge is 2.33. The first kappa shape index (κ1) is 20.6. The summed E-state index contributed by atoms with van der Waals surface area (Å²) >= 11 is 1.36. The van der Waals surface area contributed by atoms with E-state index >= 15 is 0 Å². The van der Waals surface area contributed by atoms with Gasteiger partial charge in [-0.05, 0) is 30.7 Å². The van der Waals surface area contributed by atoms with Crippen LogP contribution in [0.15, 0.2) is 42.9 Å². The lowest BCUT2D eigenvalue weighted by atomic mass is 10.0. The molecule has 0 radical (unpaired) electrons. The van der Waals surface area contributed by atoms with Crippen molar-refractivity contribution in [2.45, 2.75) is 13.0 Å². The van der Waals surface area contributed by atoms with Gasteiger partial charge in [-0.15, -0.1) is 11.3 Å². The molecule has 1 atom stereocenters. The Morgan fingerprint density at radius 2 is 2.12 bits per heavy atom. The first-order valence-corrected chi connectivity index (χ1v) is 11.2. The quantitative estimate of drug-likeness (QED) is 0.480. The highest BCUT2D eigenvalue weighted by atomic mass is 32.1. The van der Waals surface area contributed by atoms with Crippen LogP contribution in [0.25, 0.3) is 15.9 Å². The number of fused-ring (bicyclic) bond motifs is 2. The lowest BCUT2D eigenvalue weighted by Gasteiger charge is -2.33. The number of morpholine rings is 1. The van der Waals surface area contributed by atoms with Crippen molar-refractivity contribution in [3.8, 4) is 0 Å². The normalized spacial score (nSPS) is 16.6. The van der Waals surface area contributed by atoms with Crippen molar-refractivity contribution in [3.63, 3.8) is 0 Å². The van der Waals surface area contributed by atoms with Gasteiger partial charge in [-0.3, -0.25) is 9.59 Å². The van der Waals surface area contributed by atoms with E-state index in [1.165, 1.54) is 11.3 Å². The van der Waals surface area contributed by atoms with Gasteiger partial charge in [-0.1, -0.05) is 6.07 Å². The third-order valence-corrected chi connectivity index (χ3v) is 6.73. The Morgan fingerprint density at radius 1 is 1.28 bits per heavy atom. The zero-order chi connectivity index (χ0) is 22.4. The summed E-state index contributed by atoms with van der Waals surface area (Å²) in [4.78, 5) is 39.8. The molecule has 0 saturated carbocycles. The molecule has 1 fully saturated rings. The van der Waals surface area contributed by atoms with Crippen LogP contribution in [0.4, 0.5) is 0 Å². The van der Waals surface area contributed by atoms with Crippen LogP contribution >= 0.6 is 11.3 Å². The molecule has 1 saturated heterocycles. The molecule has 2 amide bonds. The Morgan fingerprint density at radius 3 is 2.94 bits per heavy atom. The van der Waals surface area contributed by atoms with Crippen molar-refractivity contribution < 1.29 is 14.3 Å². The lowest BCUT2D eigenvalue weighted by molar-refractivity contribution is -0.0225. The SMILES string of the molecule is Cc1ccn2cc(C(=O)N3CCO[C@H](c4c(C(=O)N(C)C)sc5ncccc45)C3)nc2c1. The molecule has 4 aromatic heterocycles. The second-order valence-electron chi connectivity index (χ2n) is 8.11. The number of imidazole rings is 1. The molecule has 1 aliphatic heterocycles. The average Bonchev–Trinajstić information content (AvgIpc) is 3.39. The fourth-order valence-corrected chi connectivity index (χ4v) is 5.21. The number of carbonyl (C=O) groups excluding carboxylic acids is 2. The topological polar surface area (TPSA) is 80.0 Å². The number of nitrogens with zero attached hydrogens (tertiary/aromatic N) is 5. The maximum Gasteiger partial charge on any atom is 0.274 e. The number of hydrogen-bond donors (Lipinski definition) is 0. The first-order chi connectivity index (χ1) is 15.4. The summed E-state index contributed by atoms with van der Waals surface area (Å²) in [7, 11) is 3.46. The van der Waals surface area contributed by atoms with E-state index < -0.39 is 6.10 Å². The van der Waals surface area contributed by atoms with Crippen LogP contribution in [0.2, 0.25) is 0 Å². The zero-order valence-electron chi connectivity index (χ0n) is 18.1. The second kappa shape index (κ2) is 7.99. The van der Waals surface area contributed by atoms with Gasteiger partial charge in [0.1, 0.15) is 27.2 Å². The summed E-state index contributed by atoms with van der Waals surface area (Å²) in [5.41, 5.74) is 3.04. The molecule has 0 aliphatic carbocycles. The molecule has 164 valence electrons. The second-order valence-corrected chi connectivity index (χ2v) is 9.11. The number of carbonyl (C=O) groups is 2. The standard InChI is InChI=1S/C23H23N5O3S/c1-14-6-8-27-12-16(25-18(27)11-14)22(29)28-9-10-31-17(13-28)19-15-5-4-7-24-21(15)32-20(19)23(30)26(2)3/h4-8,11-12,17H,9-10,13H2,1-3H3/t17-/m0/s1. The van der Waals surface area contributed by atoms with Crippen LogP contribution in [-0.2, 0) is 4.74 Å². The number of pyridine rings is 2. The van der Waals surface area contributed by atoms with E-state index in [0.717, 1.165) is 27.0 Å². The third-order valence-electron chi connectivity index (χ3n) is 5.62. The van der Waals surface area contributed by atoms with Gasteiger partial charge in [0.2, 0.25) is 0 Å².